The minimum absolute atomic E-state index is 0.218. The summed E-state index contributed by atoms with van der Waals surface area (Å²) in [6, 6.07) is 3.93. The summed E-state index contributed by atoms with van der Waals surface area (Å²) in [4.78, 5) is 4.25. The monoisotopic (exact) mass is 248 g/mol. The first-order valence-corrected chi connectivity index (χ1v) is 5.96. The predicted octanol–water partition coefficient (Wildman–Crippen LogP) is 2.76. The van der Waals surface area contributed by atoms with Crippen molar-refractivity contribution in [2.45, 2.75) is 39.7 Å². The Morgan fingerprint density at radius 3 is 2.61 bits per heavy atom. The van der Waals surface area contributed by atoms with Gasteiger partial charge in [0, 0.05) is 25.3 Å². The molecule has 0 bridgehead atoms. The average molecular weight is 248 g/mol. The molecule has 1 aromatic heterocycles. The molecule has 0 aliphatic heterocycles. The molecule has 0 spiro atoms. The first kappa shape index (κ1) is 14.5. The molecule has 0 fully saturated rings. The van der Waals surface area contributed by atoms with Crippen molar-refractivity contribution in [3.63, 3.8) is 0 Å². The fourth-order valence-corrected chi connectivity index (χ4v) is 1.55. The molecular weight excluding hydrogens is 228 g/mol. The number of methoxy groups -OCH3 is 1. The second-order valence-electron chi connectivity index (χ2n) is 4.90. The van der Waals surface area contributed by atoms with Crippen molar-refractivity contribution in [2.24, 2.45) is 0 Å². The van der Waals surface area contributed by atoms with Gasteiger partial charge >= 0.3 is 0 Å². The fourth-order valence-electron chi connectivity index (χ4n) is 1.55. The van der Waals surface area contributed by atoms with Crippen molar-refractivity contribution in [1.29, 1.82) is 5.26 Å². The standard InChI is InChI=1S/C14H20N2O2/c1-10-8-13(12(9-15)11(2)16-10)18-7-6-14(3,4)17-5/h8H,6-7H2,1-5H3. The van der Waals surface area contributed by atoms with Gasteiger partial charge in [0.25, 0.3) is 0 Å². The zero-order valence-electron chi connectivity index (χ0n) is 11.7. The first-order chi connectivity index (χ1) is 8.39. The van der Waals surface area contributed by atoms with E-state index in [2.05, 4.69) is 11.1 Å². The van der Waals surface area contributed by atoms with Crippen molar-refractivity contribution < 1.29 is 9.47 Å². The van der Waals surface area contributed by atoms with Gasteiger partial charge in [0.2, 0.25) is 0 Å². The molecule has 1 rings (SSSR count). The molecule has 4 nitrogen and oxygen atoms in total. The normalized spacial score (nSPS) is 11.1. The maximum atomic E-state index is 9.10. The van der Waals surface area contributed by atoms with Gasteiger partial charge in [0.1, 0.15) is 17.4 Å². The van der Waals surface area contributed by atoms with Gasteiger partial charge in [-0.3, -0.25) is 4.98 Å². The Morgan fingerprint density at radius 1 is 1.39 bits per heavy atom. The van der Waals surface area contributed by atoms with Gasteiger partial charge in [-0.1, -0.05) is 0 Å². The summed E-state index contributed by atoms with van der Waals surface area (Å²) in [5, 5.41) is 9.10. The number of hydrogen-bond donors (Lipinski definition) is 0. The smallest absolute Gasteiger partial charge is 0.140 e. The Morgan fingerprint density at radius 2 is 2.06 bits per heavy atom. The van der Waals surface area contributed by atoms with Crippen LogP contribution in [-0.4, -0.2) is 24.3 Å². The van der Waals surface area contributed by atoms with Crippen LogP contribution in [0.15, 0.2) is 6.07 Å². The average Bonchev–Trinajstić information content (AvgIpc) is 2.28. The van der Waals surface area contributed by atoms with Crippen LogP contribution < -0.4 is 4.74 Å². The lowest BCUT2D eigenvalue weighted by atomic mass is 10.1. The van der Waals surface area contributed by atoms with E-state index < -0.39 is 0 Å². The van der Waals surface area contributed by atoms with E-state index in [1.54, 1.807) is 13.2 Å². The molecule has 4 heteroatoms. The van der Waals surface area contributed by atoms with E-state index in [0.717, 1.165) is 12.1 Å². The third-order valence-corrected chi connectivity index (χ3v) is 2.92. The van der Waals surface area contributed by atoms with Crippen LogP contribution in [0.5, 0.6) is 5.75 Å². The Kier molecular flexibility index (Phi) is 4.69. The molecule has 0 aromatic carbocycles. The quantitative estimate of drug-likeness (QED) is 0.804. The molecule has 18 heavy (non-hydrogen) atoms. The van der Waals surface area contributed by atoms with Crippen LogP contribution in [0.2, 0.25) is 0 Å². The molecule has 0 aliphatic rings. The summed E-state index contributed by atoms with van der Waals surface area (Å²) in [5.41, 5.74) is 1.85. The highest BCUT2D eigenvalue weighted by atomic mass is 16.5. The van der Waals surface area contributed by atoms with Crippen molar-refractivity contribution in [3.05, 3.63) is 23.0 Å². The van der Waals surface area contributed by atoms with Crippen LogP contribution in [0.25, 0.3) is 0 Å². The summed E-state index contributed by atoms with van der Waals surface area (Å²) < 4.78 is 11.0. The lowest BCUT2D eigenvalue weighted by Crippen LogP contribution is -2.25. The first-order valence-electron chi connectivity index (χ1n) is 5.96. The SMILES string of the molecule is COC(C)(C)CCOc1cc(C)nc(C)c1C#N. The number of rotatable bonds is 5. The Hall–Kier alpha value is -1.60. The van der Waals surface area contributed by atoms with E-state index in [1.165, 1.54) is 0 Å². The fraction of sp³-hybridized carbons (Fsp3) is 0.571. The third kappa shape index (κ3) is 3.71. The molecule has 1 heterocycles. The number of hydrogen-bond acceptors (Lipinski definition) is 4. The van der Waals surface area contributed by atoms with Crippen LogP contribution in [0.1, 0.15) is 37.2 Å². The highest BCUT2D eigenvalue weighted by molar-refractivity contribution is 5.46. The molecule has 0 aliphatic carbocycles. The Bertz CT molecular complexity index is 462. The number of ether oxygens (including phenoxy) is 2. The van der Waals surface area contributed by atoms with Gasteiger partial charge < -0.3 is 9.47 Å². The summed E-state index contributed by atoms with van der Waals surface area (Å²) in [5.74, 6) is 0.606. The molecule has 0 saturated carbocycles. The van der Waals surface area contributed by atoms with Crippen LogP contribution in [0.3, 0.4) is 0 Å². The molecule has 1 aromatic rings. The number of aromatic nitrogens is 1. The third-order valence-electron chi connectivity index (χ3n) is 2.92. The second-order valence-corrected chi connectivity index (χ2v) is 4.90. The molecule has 0 amide bonds. The molecule has 0 N–H and O–H groups in total. The van der Waals surface area contributed by atoms with E-state index in [0.29, 0.717) is 23.6 Å². The number of pyridine rings is 1. The molecule has 0 unspecified atom stereocenters. The van der Waals surface area contributed by atoms with E-state index in [1.807, 2.05) is 27.7 Å². The van der Waals surface area contributed by atoms with Crippen LogP contribution >= 0.6 is 0 Å². The van der Waals surface area contributed by atoms with E-state index in [9.17, 15) is 0 Å². The van der Waals surface area contributed by atoms with Crippen LogP contribution in [-0.2, 0) is 4.74 Å². The summed E-state index contributed by atoms with van der Waals surface area (Å²) in [6.45, 7) is 8.23. The minimum atomic E-state index is -0.218. The zero-order chi connectivity index (χ0) is 13.8. The molecular formula is C14H20N2O2. The summed E-state index contributed by atoms with van der Waals surface area (Å²) in [6.07, 6.45) is 0.759. The van der Waals surface area contributed by atoms with Gasteiger partial charge in [-0.2, -0.15) is 5.26 Å². The largest absolute Gasteiger partial charge is 0.492 e. The maximum absolute atomic E-state index is 9.10. The molecule has 0 saturated heterocycles. The van der Waals surface area contributed by atoms with Crippen molar-refractivity contribution in [2.75, 3.05) is 13.7 Å². The van der Waals surface area contributed by atoms with Crippen LogP contribution in [0.4, 0.5) is 0 Å². The second kappa shape index (κ2) is 5.83. The summed E-state index contributed by atoms with van der Waals surface area (Å²) >= 11 is 0. The van der Waals surface area contributed by atoms with E-state index in [4.69, 9.17) is 14.7 Å². The number of nitrogens with zero attached hydrogens (tertiary/aromatic N) is 2. The van der Waals surface area contributed by atoms with Crippen molar-refractivity contribution in [1.82, 2.24) is 4.98 Å². The van der Waals surface area contributed by atoms with Gasteiger partial charge in [0.15, 0.2) is 0 Å². The zero-order valence-corrected chi connectivity index (χ0v) is 11.7. The van der Waals surface area contributed by atoms with Crippen LogP contribution in [0, 0.1) is 25.2 Å². The van der Waals surface area contributed by atoms with Gasteiger partial charge in [-0.25, -0.2) is 0 Å². The minimum Gasteiger partial charge on any atom is -0.492 e. The lowest BCUT2D eigenvalue weighted by Gasteiger charge is -2.22. The van der Waals surface area contributed by atoms with Crippen molar-refractivity contribution >= 4 is 0 Å². The highest BCUT2D eigenvalue weighted by Crippen LogP contribution is 2.22. The maximum Gasteiger partial charge on any atom is 0.140 e. The Labute approximate surface area is 109 Å². The Balaban J connectivity index is 2.77. The predicted molar refractivity (Wildman–Crippen MR) is 69.6 cm³/mol. The molecule has 0 atom stereocenters. The topological polar surface area (TPSA) is 55.1 Å². The van der Waals surface area contributed by atoms with Gasteiger partial charge in [-0.15, -0.1) is 0 Å². The van der Waals surface area contributed by atoms with Gasteiger partial charge in [-0.05, 0) is 27.7 Å². The lowest BCUT2D eigenvalue weighted by molar-refractivity contribution is 0.00542. The number of aryl methyl sites for hydroxylation is 2. The molecule has 98 valence electrons. The number of nitriles is 1. The summed E-state index contributed by atoms with van der Waals surface area (Å²) in [7, 11) is 1.68. The van der Waals surface area contributed by atoms with E-state index >= 15 is 0 Å². The molecule has 0 radical (unpaired) electrons. The van der Waals surface area contributed by atoms with E-state index in [-0.39, 0.29) is 5.60 Å². The van der Waals surface area contributed by atoms with Crippen molar-refractivity contribution in [3.8, 4) is 11.8 Å². The van der Waals surface area contributed by atoms with Gasteiger partial charge in [0.05, 0.1) is 17.9 Å². The highest BCUT2D eigenvalue weighted by Gasteiger charge is 2.17.